The van der Waals surface area contributed by atoms with Gasteiger partial charge < -0.3 is 10.2 Å². The van der Waals surface area contributed by atoms with Crippen LogP contribution < -0.4 is 0 Å². The molecule has 1 unspecified atom stereocenters. The normalized spacial score (nSPS) is 12.3. The number of aryl methyl sites for hydroxylation is 2. The van der Waals surface area contributed by atoms with Crippen LogP contribution >= 0.6 is 0 Å². The van der Waals surface area contributed by atoms with Crippen LogP contribution in [-0.2, 0) is 6.42 Å². The second-order valence-electron chi connectivity index (χ2n) is 5.56. The standard InChI is InChI=1S/C18H22O2/c1-13-6-8-15(9-7-13)5-3-4-14(2)16-10-17(19)12-18(20)11-16/h6-12,14,19-20H,3-5H2,1-2H3. The van der Waals surface area contributed by atoms with Crippen molar-refractivity contribution in [3.05, 3.63) is 59.2 Å². The van der Waals surface area contributed by atoms with E-state index < -0.39 is 0 Å². The highest BCUT2D eigenvalue weighted by molar-refractivity contribution is 5.38. The van der Waals surface area contributed by atoms with E-state index in [0.29, 0.717) is 5.92 Å². The van der Waals surface area contributed by atoms with Crippen molar-refractivity contribution < 1.29 is 10.2 Å². The van der Waals surface area contributed by atoms with Gasteiger partial charge in [0.1, 0.15) is 11.5 Å². The Labute approximate surface area is 120 Å². The van der Waals surface area contributed by atoms with Crippen molar-refractivity contribution in [3.63, 3.8) is 0 Å². The molecule has 0 fully saturated rings. The van der Waals surface area contributed by atoms with E-state index in [-0.39, 0.29) is 11.5 Å². The monoisotopic (exact) mass is 270 g/mol. The van der Waals surface area contributed by atoms with E-state index in [1.54, 1.807) is 12.1 Å². The van der Waals surface area contributed by atoms with Gasteiger partial charge in [-0.2, -0.15) is 0 Å². The van der Waals surface area contributed by atoms with Gasteiger partial charge >= 0.3 is 0 Å². The van der Waals surface area contributed by atoms with Gasteiger partial charge in [-0.05, 0) is 55.4 Å². The summed E-state index contributed by atoms with van der Waals surface area (Å²) in [5, 5.41) is 19.0. The summed E-state index contributed by atoms with van der Waals surface area (Å²) in [6.07, 6.45) is 3.20. The Morgan fingerprint density at radius 1 is 0.950 bits per heavy atom. The fraction of sp³-hybridized carbons (Fsp3) is 0.333. The first-order valence-electron chi connectivity index (χ1n) is 7.13. The fourth-order valence-electron chi connectivity index (χ4n) is 2.44. The predicted octanol–water partition coefficient (Wildman–Crippen LogP) is 4.53. The van der Waals surface area contributed by atoms with Gasteiger partial charge in [0.2, 0.25) is 0 Å². The Hall–Kier alpha value is -1.96. The summed E-state index contributed by atoms with van der Waals surface area (Å²) in [5.41, 5.74) is 3.64. The summed E-state index contributed by atoms with van der Waals surface area (Å²) in [7, 11) is 0. The number of benzene rings is 2. The van der Waals surface area contributed by atoms with Crippen LogP contribution in [0.4, 0.5) is 0 Å². The van der Waals surface area contributed by atoms with Gasteiger partial charge in [0.25, 0.3) is 0 Å². The fourth-order valence-corrected chi connectivity index (χ4v) is 2.44. The van der Waals surface area contributed by atoms with Gasteiger partial charge in [-0.1, -0.05) is 36.8 Å². The minimum absolute atomic E-state index is 0.130. The smallest absolute Gasteiger partial charge is 0.119 e. The van der Waals surface area contributed by atoms with Crippen molar-refractivity contribution in [2.75, 3.05) is 0 Å². The molecule has 0 saturated heterocycles. The van der Waals surface area contributed by atoms with Gasteiger partial charge in [0.05, 0.1) is 0 Å². The van der Waals surface area contributed by atoms with Gasteiger partial charge in [-0.25, -0.2) is 0 Å². The van der Waals surface area contributed by atoms with E-state index in [1.165, 1.54) is 17.2 Å². The molecule has 0 amide bonds. The van der Waals surface area contributed by atoms with E-state index >= 15 is 0 Å². The molecule has 0 bridgehead atoms. The lowest BCUT2D eigenvalue weighted by Gasteiger charge is -2.12. The second-order valence-corrected chi connectivity index (χ2v) is 5.56. The minimum atomic E-state index is 0.130. The molecule has 0 aliphatic carbocycles. The van der Waals surface area contributed by atoms with Crippen LogP contribution in [0.15, 0.2) is 42.5 Å². The molecule has 2 nitrogen and oxygen atoms in total. The number of hydrogen-bond donors (Lipinski definition) is 2. The maximum atomic E-state index is 9.51. The van der Waals surface area contributed by atoms with Crippen LogP contribution in [0.2, 0.25) is 0 Å². The zero-order valence-electron chi connectivity index (χ0n) is 12.1. The van der Waals surface area contributed by atoms with E-state index in [1.807, 2.05) is 0 Å². The van der Waals surface area contributed by atoms with E-state index in [4.69, 9.17) is 0 Å². The van der Waals surface area contributed by atoms with Gasteiger partial charge in [-0.3, -0.25) is 0 Å². The summed E-state index contributed by atoms with van der Waals surface area (Å²) < 4.78 is 0. The molecule has 0 radical (unpaired) electrons. The molecule has 2 heteroatoms. The highest BCUT2D eigenvalue weighted by Crippen LogP contribution is 2.28. The topological polar surface area (TPSA) is 40.5 Å². The Morgan fingerprint density at radius 2 is 1.55 bits per heavy atom. The molecule has 2 aromatic carbocycles. The Balaban J connectivity index is 1.88. The maximum Gasteiger partial charge on any atom is 0.119 e. The van der Waals surface area contributed by atoms with Crippen molar-refractivity contribution >= 4 is 0 Å². The first kappa shape index (κ1) is 14.4. The number of rotatable bonds is 5. The van der Waals surface area contributed by atoms with Crippen molar-refractivity contribution in [1.82, 2.24) is 0 Å². The molecule has 20 heavy (non-hydrogen) atoms. The van der Waals surface area contributed by atoms with E-state index in [0.717, 1.165) is 24.8 Å². The summed E-state index contributed by atoms with van der Waals surface area (Å²) in [5.74, 6) is 0.592. The lowest BCUT2D eigenvalue weighted by molar-refractivity contribution is 0.447. The van der Waals surface area contributed by atoms with Crippen molar-refractivity contribution in [3.8, 4) is 11.5 Å². The molecule has 2 N–H and O–H groups in total. The third-order valence-electron chi connectivity index (χ3n) is 3.72. The van der Waals surface area contributed by atoms with Crippen LogP contribution in [0, 0.1) is 6.92 Å². The Bertz CT molecular complexity index is 538. The lowest BCUT2D eigenvalue weighted by atomic mass is 9.94. The van der Waals surface area contributed by atoms with Crippen LogP contribution in [0.3, 0.4) is 0 Å². The molecule has 1 atom stereocenters. The number of aromatic hydroxyl groups is 2. The summed E-state index contributed by atoms with van der Waals surface area (Å²) in [4.78, 5) is 0. The van der Waals surface area contributed by atoms with Crippen LogP contribution in [-0.4, -0.2) is 10.2 Å². The largest absolute Gasteiger partial charge is 0.508 e. The SMILES string of the molecule is Cc1ccc(CCCC(C)c2cc(O)cc(O)c2)cc1. The van der Waals surface area contributed by atoms with Crippen LogP contribution in [0.5, 0.6) is 11.5 Å². The molecule has 0 aliphatic rings. The maximum absolute atomic E-state index is 9.51. The van der Waals surface area contributed by atoms with Gasteiger partial charge in [0.15, 0.2) is 0 Å². The van der Waals surface area contributed by atoms with E-state index in [9.17, 15) is 10.2 Å². The summed E-state index contributed by atoms with van der Waals surface area (Å²) >= 11 is 0. The van der Waals surface area contributed by atoms with Crippen molar-refractivity contribution in [2.24, 2.45) is 0 Å². The van der Waals surface area contributed by atoms with E-state index in [2.05, 4.69) is 38.1 Å². The molecule has 0 spiro atoms. The highest BCUT2D eigenvalue weighted by Gasteiger charge is 2.08. The summed E-state index contributed by atoms with van der Waals surface area (Å²) in [6.45, 7) is 4.23. The molecule has 0 saturated carbocycles. The lowest BCUT2D eigenvalue weighted by Crippen LogP contribution is -1.95. The third kappa shape index (κ3) is 4.02. The molecule has 2 rings (SSSR count). The zero-order chi connectivity index (χ0) is 14.5. The van der Waals surface area contributed by atoms with Crippen molar-refractivity contribution in [1.29, 1.82) is 0 Å². The molecular weight excluding hydrogens is 248 g/mol. The molecular formula is C18H22O2. The van der Waals surface area contributed by atoms with Crippen LogP contribution in [0.1, 0.15) is 42.4 Å². The molecule has 106 valence electrons. The first-order valence-corrected chi connectivity index (χ1v) is 7.13. The average molecular weight is 270 g/mol. The molecule has 0 aliphatic heterocycles. The minimum Gasteiger partial charge on any atom is -0.508 e. The average Bonchev–Trinajstić information content (AvgIpc) is 2.40. The summed E-state index contributed by atoms with van der Waals surface area (Å²) in [6, 6.07) is 13.5. The number of phenols is 2. The first-order chi connectivity index (χ1) is 9.54. The number of phenolic OH excluding ortho intramolecular Hbond substituents is 2. The van der Waals surface area contributed by atoms with Crippen molar-refractivity contribution in [2.45, 2.75) is 39.0 Å². The second kappa shape index (κ2) is 6.47. The quantitative estimate of drug-likeness (QED) is 0.837. The predicted molar refractivity (Wildman–Crippen MR) is 82.3 cm³/mol. The third-order valence-corrected chi connectivity index (χ3v) is 3.72. The molecule has 0 heterocycles. The van der Waals surface area contributed by atoms with Gasteiger partial charge in [-0.15, -0.1) is 0 Å². The van der Waals surface area contributed by atoms with Gasteiger partial charge in [0, 0.05) is 6.07 Å². The molecule has 2 aromatic rings. The number of hydrogen-bond acceptors (Lipinski definition) is 2. The molecule has 0 aromatic heterocycles. The Kier molecular flexibility index (Phi) is 4.67. The highest BCUT2D eigenvalue weighted by atomic mass is 16.3. The van der Waals surface area contributed by atoms with Crippen LogP contribution in [0.25, 0.3) is 0 Å². The Morgan fingerprint density at radius 3 is 2.15 bits per heavy atom. The zero-order valence-corrected chi connectivity index (χ0v) is 12.1.